The van der Waals surface area contributed by atoms with E-state index < -0.39 is 17.9 Å². The maximum absolute atomic E-state index is 13.1. The van der Waals surface area contributed by atoms with Crippen LogP contribution in [-0.4, -0.2) is 17.2 Å². The molecule has 3 nitrogen and oxygen atoms in total. The predicted octanol–water partition coefficient (Wildman–Crippen LogP) is 2.33. The topological polar surface area (TPSA) is 46.5 Å². The first-order chi connectivity index (χ1) is 6.50. The fraction of sp³-hybridized carbons (Fsp3) is 0.222. The lowest BCUT2D eigenvalue weighted by atomic mass is 10.3. The Morgan fingerprint density at radius 3 is 2.79 bits per heavy atom. The van der Waals surface area contributed by atoms with Gasteiger partial charge in [-0.1, -0.05) is 11.6 Å². The van der Waals surface area contributed by atoms with Crippen LogP contribution in [0, 0.1) is 5.82 Å². The molecule has 1 aromatic carbocycles. The van der Waals surface area contributed by atoms with Gasteiger partial charge in [-0.3, -0.25) is 0 Å². The summed E-state index contributed by atoms with van der Waals surface area (Å²) < 4.78 is 17.9. The van der Waals surface area contributed by atoms with E-state index >= 15 is 0 Å². The number of rotatable bonds is 3. The molecule has 1 atom stereocenters. The van der Waals surface area contributed by atoms with Crippen LogP contribution in [0.5, 0.6) is 5.75 Å². The first kappa shape index (κ1) is 10.8. The van der Waals surface area contributed by atoms with Crippen LogP contribution in [0.4, 0.5) is 4.39 Å². The van der Waals surface area contributed by atoms with Gasteiger partial charge in [-0.15, -0.1) is 0 Å². The van der Waals surface area contributed by atoms with Gasteiger partial charge < -0.3 is 9.84 Å². The van der Waals surface area contributed by atoms with Crippen molar-refractivity contribution in [1.82, 2.24) is 0 Å². The molecule has 0 radical (unpaired) electrons. The molecule has 0 unspecified atom stereocenters. The van der Waals surface area contributed by atoms with E-state index in [1.807, 2.05) is 0 Å². The van der Waals surface area contributed by atoms with Gasteiger partial charge in [0.25, 0.3) is 0 Å². The molecule has 0 aliphatic carbocycles. The molecule has 0 saturated heterocycles. The maximum atomic E-state index is 13.1. The van der Waals surface area contributed by atoms with Gasteiger partial charge >= 0.3 is 5.97 Å². The summed E-state index contributed by atoms with van der Waals surface area (Å²) in [4.78, 5) is 10.4. The Morgan fingerprint density at radius 2 is 2.29 bits per heavy atom. The summed E-state index contributed by atoms with van der Waals surface area (Å²) in [5.41, 5.74) is 0. The highest BCUT2D eigenvalue weighted by molar-refractivity contribution is 6.30. The van der Waals surface area contributed by atoms with Crippen LogP contribution < -0.4 is 4.74 Å². The van der Waals surface area contributed by atoms with Gasteiger partial charge in [0.15, 0.2) is 17.7 Å². The van der Waals surface area contributed by atoms with Gasteiger partial charge in [0.2, 0.25) is 0 Å². The number of ether oxygens (including phenoxy) is 1. The maximum Gasteiger partial charge on any atom is 0.344 e. The molecule has 1 aromatic rings. The van der Waals surface area contributed by atoms with Gasteiger partial charge in [-0.05, 0) is 25.1 Å². The number of halogens is 2. The van der Waals surface area contributed by atoms with Crippen LogP contribution in [0.1, 0.15) is 6.92 Å². The van der Waals surface area contributed by atoms with Gasteiger partial charge in [0.1, 0.15) is 0 Å². The second-order valence-electron chi connectivity index (χ2n) is 2.67. The van der Waals surface area contributed by atoms with Crippen molar-refractivity contribution < 1.29 is 19.0 Å². The highest BCUT2D eigenvalue weighted by atomic mass is 35.5. The Kier molecular flexibility index (Phi) is 3.30. The van der Waals surface area contributed by atoms with Crippen molar-refractivity contribution in [3.05, 3.63) is 29.0 Å². The lowest BCUT2D eigenvalue weighted by molar-refractivity contribution is -0.144. The molecule has 0 saturated carbocycles. The quantitative estimate of drug-likeness (QED) is 0.847. The Labute approximate surface area is 85.1 Å². The molecular weight excluding hydrogens is 211 g/mol. The summed E-state index contributed by atoms with van der Waals surface area (Å²) >= 11 is 5.50. The van der Waals surface area contributed by atoms with Crippen LogP contribution in [-0.2, 0) is 4.79 Å². The van der Waals surface area contributed by atoms with Crippen molar-refractivity contribution in [3.63, 3.8) is 0 Å². The lowest BCUT2D eigenvalue weighted by Gasteiger charge is -2.10. The third kappa shape index (κ3) is 2.60. The second kappa shape index (κ2) is 4.28. The van der Waals surface area contributed by atoms with E-state index in [-0.39, 0.29) is 10.8 Å². The van der Waals surface area contributed by atoms with E-state index in [4.69, 9.17) is 21.4 Å². The normalized spacial score (nSPS) is 12.2. The monoisotopic (exact) mass is 218 g/mol. The van der Waals surface area contributed by atoms with E-state index in [1.54, 1.807) is 0 Å². The molecule has 1 rings (SSSR count). The van der Waals surface area contributed by atoms with Crippen LogP contribution in [0.25, 0.3) is 0 Å². The summed E-state index contributed by atoms with van der Waals surface area (Å²) in [5.74, 6) is -1.95. The third-order valence-electron chi connectivity index (χ3n) is 1.55. The molecule has 0 spiro atoms. The summed E-state index contributed by atoms with van der Waals surface area (Å²) in [7, 11) is 0. The first-order valence-electron chi connectivity index (χ1n) is 3.85. The average molecular weight is 219 g/mol. The molecule has 5 heteroatoms. The van der Waals surface area contributed by atoms with Gasteiger partial charge in [0.05, 0.1) is 0 Å². The van der Waals surface area contributed by atoms with E-state index in [0.717, 1.165) is 6.07 Å². The summed E-state index contributed by atoms with van der Waals surface area (Å²) in [5, 5.41) is 8.75. The van der Waals surface area contributed by atoms with Crippen molar-refractivity contribution in [2.24, 2.45) is 0 Å². The molecule has 76 valence electrons. The van der Waals surface area contributed by atoms with Crippen molar-refractivity contribution in [2.45, 2.75) is 13.0 Å². The zero-order valence-corrected chi connectivity index (χ0v) is 8.08. The van der Waals surface area contributed by atoms with Crippen molar-refractivity contribution in [2.75, 3.05) is 0 Å². The first-order valence-corrected chi connectivity index (χ1v) is 4.23. The zero-order valence-electron chi connectivity index (χ0n) is 7.33. The number of carboxylic acid groups (broad SMARTS) is 1. The smallest absolute Gasteiger partial charge is 0.344 e. The van der Waals surface area contributed by atoms with Crippen LogP contribution >= 0.6 is 11.6 Å². The minimum atomic E-state index is -1.15. The molecule has 0 fully saturated rings. The average Bonchev–Trinajstić information content (AvgIpc) is 2.09. The zero-order chi connectivity index (χ0) is 10.7. The minimum Gasteiger partial charge on any atom is -0.479 e. The van der Waals surface area contributed by atoms with Crippen molar-refractivity contribution >= 4 is 17.6 Å². The van der Waals surface area contributed by atoms with E-state index in [1.165, 1.54) is 19.1 Å². The summed E-state index contributed by atoms with van der Waals surface area (Å²) in [6.45, 7) is 1.32. The number of aliphatic carboxylic acids is 1. The minimum absolute atomic E-state index is 0.121. The fourth-order valence-corrected chi connectivity index (χ4v) is 0.970. The number of hydrogen-bond donors (Lipinski definition) is 1. The highest BCUT2D eigenvalue weighted by Crippen LogP contribution is 2.21. The van der Waals surface area contributed by atoms with E-state index in [2.05, 4.69) is 0 Å². The van der Waals surface area contributed by atoms with Gasteiger partial charge in [0, 0.05) is 5.02 Å². The fourth-order valence-electron chi connectivity index (χ4n) is 0.812. The number of benzene rings is 1. The number of carboxylic acids is 1. The lowest BCUT2D eigenvalue weighted by Crippen LogP contribution is -2.23. The van der Waals surface area contributed by atoms with Crippen LogP contribution in [0.15, 0.2) is 18.2 Å². The van der Waals surface area contributed by atoms with Crippen LogP contribution in [0.2, 0.25) is 5.02 Å². The van der Waals surface area contributed by atoms with Crippen molar-refractivity contribution in [3.8, 4) is 5.75 Å². The van der Waals surface area contributed by atoms with Crippen LogP contribution in [0.3, 0.4) is 0 Å². The Balaban J connectivity index is 2.82. The molecule has 0 amide bonds. The molecular formula is C9H8ClFO3. The van der Waals surface area contributed by atoms with Gasteiger partial charge in [-0.25, -0.2) is 9.18 Å². The molecule has 0 bridgehead atoms. The Hall–Kier alpha value is -1.29. The Bertz CT molecular complexity index is 354. The van der Waals surface area contributed by atoms with Gasteiger partial charge in [-0.2, -0.15) is 0 Å². The Morgan fingerprint density at radius 1 is 1.64 bits per heavy atom. The molecule has 14 heavy (non-hydrogen) atoms. The molecule has 0 aliphatic heterocycles. The molecule has 0 heterocycles. The predicted molar refractivity (Wildman–Crippen MR) is 49.1 cm³/mol. The molecule has 0 aliphatic rings. The summed E-state index contributed by atoms with van der Waals surface area (Å²) in [6.07, 6.45) is -1.09. The van der Waals surface area contributed by atoms with E-state index in [9.17, 15) is 9.18 Å². The molecule has 0 aromatic heterocycles. The third-order valence-corrected chi connectivity index (χ3v) is 1.78. The second-order valence-corrected chi connectivity index (χ2v) is 3.11. The highest BCUT2D eigenvalue weighted by Gasteiger charge is 2.14. The number of carbonyl (C=O) groups is 1. The summed E-state index contributed by atoms with van der Waals surface area (Å²) in [6, 6.07) is 3.77. The van der Waals surface area contributed by atoms with Crippen molar-refractivity contribution in [1.29, 1.82) is 0 Å². The SMILES string of the molecule is C[C@H](Oc1ccc(Cl)cc1F)C(=O)O. The molecule has 1 N–H and O–H groups in total. The number of hydrogen-bond acceptors (Lipinski definition) is 2. The largest absolute Gasteiger partial charge is 0.479 e. The van der Waals surface area contributed by atoms with E-state index in [0.29, 0.717) is 0 Å². The standard InChI is InChI=1S/C9H8ClFO3/c1-5(9(12)13)14-8-3-2-6(10)4-7(8)11/h2-5H,1H3,(H,12,13)/t5-/m0/s1.